The smallest absolute Gasteiger partial charge is 0.410 e. The first-order valence-electron chi connectivity index (χ1n) is 7.79. The van der Waals surface area contributed by atoms with Crippen molar-refractivity contribution >= 4 is 33.4 Å². The number of carbonyl (C=O) groups excluding carboxylic acids is 1. The van der Waals surface area contributed by atoms with Crippen molar-refractivity contribution in [1.29, 1.82) is 0 Å². The number of hydrogen-bond acceptors (Lipinski definition) is 4. The number of nitrogens with zero attached hydrogens (tertiary/aromatic N) is 1. The summed E-state index contributed by atoms with van der Waals surface area (Å²) in [7, 11) is 0. The maximum atomic E-state index is 12.1. The van der Waals surface area contributed by atoms with E-state index in [-0.39, 0.29) is 6.09 Å². The number of hydrogen-bond donors (Lipinski definition) is 1. The number of ether oxygens (including phenoxy) is 1. The minimum absolute atomic E-state index is 0.193. The highest BCUT2D eigenvalue weighted by atomic mass is 79.9. The number of thiophene rings is 1. The van der Waals surface area contributed by atoms with Gasteiger partial charge in [0.1, 0.15) is 5.60 Å². The molecule has 22 heavy (non-hydrogen) atoms. The number of amides is 1. The number of nitrogens with one attached hydrogen (secondary N) is 1. The van der Waals surface area contributed by atoms with Crippen molar-refractivity contribution in [1.82, 2.24) is 10.2 Å². The third-order valence-electron chi connectivity index (χ3n) is 3.51. The monoisotopic (exact) mass is 388 g/mol. The lowest BCUT2D eigenvalue weighted by atomic mass is 10.1. The third-order valence-corrected chi connectivity index (χ3v) is 5.19. The molecule has 1 unspecified atom stereocenters. The highest BCUT2D eigenvalue weighted by Gasteiger charge is 2.27. The van der Waals surface area contributed by atoms with E-state index in [1.807, 2.05) is 25.7 Å². The molecule has 1 aromatic heterocycles. The van der Waals surface area contributed by atoms with Crippen LogP contribution in [0.5, 0.6) is 0 Å². The van der Waals surface area contributed by atoms with Crippen LogP contribution >= 0.6 is 27.3 Å². The molecule has 2 rings (SSSR count). The molecule has 1 aromatic rings. The summed E-state index contributed by atoms with van der Waals surface area (Å²) in [5.41, 5.74) is -0.427. The maximum absolute atomic E-state index is 12.1. The molecule has 124 valence electrons. The molecule has 1 fully saturated rings. The van der Waals surface area contributed by atoms with Crippen LogP contribution in [-0.4, -0.2) is 42.3 Å². The molecule has 1 amide bonds. The quantitative estimate of drug-likeness (QED) is 0.845. The number of piperidine rings is 1. The molecule has 1 N–H and O–H groups in total. The molecular weight excluding hydrogens is 364 g/mol. The standard InChI is InChI=1S/C16H25BrN2O2S/c1-16(2,3)21-15(20)19-10-4-5-12(11-19)18-9-8-13-6-7-14(17)22-13/h6-7,12,18H,4-5,8-11H2,1-3H3. The summed E-state index contributed by atoms with van der Waals surface area (Å²) in [5.74, 6) is 0. The Balaban J connectivity index is 1.74. The molecule has 2 heterocycles. The molecule has 0 radical (unpaired) electrons. The molecule has 0 bridgehead atoms. The minimum Gasteiger partial charge on any atom is -0.444 e. The number of rotatable bonds is 4. The number of halogens is 1. The van der Waals surface area contributed by atoms with Gasteiger partial charge in [-0.05, 0) is 68.1 Å². The average Bonchev–Trinajstić information content (AvgIpc) is 2.83. The number of likely N-dealkylation sites (tertiary alicyclic amines) is 1. The first kappa shape index (κ1) is 17.8. The van der Waals surface area contributed by atoms with Crippen molar-refractivity contribution < 1.29 is 9.53 Å². The minimum atomic E-state index is -0.427. The first-order valence-corrected chi connectivity index (χ1v) is 9.40. The fourth-order valence-electron chi connectivity index (χ4n) is 2.52. The molecule has 0 aliphatic carbocycles. The van der Waals surface area contributed by atoms with Crippen LogP contribution in [0.2, 0.25) is 0 Å². The highest BCUT2D eigenvalue weighted by Crippen LogP contribution is 2.22. The predicted octanol–water partition coefficient (Wildman–Crippen LogP) is 4.04. The van der Waals surface area contributed by atoms with Crippen LogP contribution in [0.15, 0.2) is 15.9 Å². The van der Waals surface area contributed by atoms with Gasteiger partial charge in [-0.2, -0.15) is 0 Å². The first-order chi connectivity index (χ1) is 10.3. The molecule has 0 saturated carbocycles. The van der Waals surface area contributed by atoms with E-state index in [1.165, 1.54) is 8.66 Å². The zero-order valence-corrected chi connectivity index (χ0v) is 15.9. The van der Waals surface area contributed by atoms with E-state index in [0.29, 0.717) is 6.04 Å². The lowest BCUT2D eigenvalue weighted by molar-refractivity contribution is 0.0188. The van der Waals surface area contributed by atoms with E-state index < -0.39 is 5.60 Å². The molecule has 0 spiro atoms. The second-order valence-corrected chi connectivity index (χ2v) is 9.22. The van der Waals surface area contributed by atoms with Gasteiger partial charge in [-0.25, -0.2) is 4.79 Å². The predicted molar refractivity (Wildman–Crippen MR) is 94.6 cm³/mol. The van der Waals surface area contributed by atoms with Gasteiger partial charge in [-0.15, -0.1) is 11.3 Å². The van der Waals surface area contributed by atoms with E-state index in [0.717, 1.165) is 38.9 Å². The van der Waals surface area contributed by atoms with Crippen molar-refractivity contribution in [2.75, 3.05) is 19.6 Å². The molecule has 0 aromatic carbocycles. The van der Waals surface area contributed by atoms with Gasteiger partial charge in [0.2, 0.25) is 0 Å². The van der Waals surface area contributed by atoms with Crippen LogP contribution in [0.1, 0.15) is 38.5 Å². The van der Waals surface area contributed by atoms with Crippen molar-refractivity contribution in [3.8, 4) is 0 Å². The van der Waals surface area contributed by atoms with Crippen molar-refractivity contribution in [3.05, 3.63) is 20.8 Å². The van der Waals surface area contributed by atoms with Crippen LogP contribution in [0.3, 0.4) is 0 Å². The Morgan fingerprint density at radius 3 is 2.91 bits per heavy atom. The average molecular weight is 389 g/mol. The fourth-order valence-corrected chi connectivity index (χ4v) is 4.00. The molecule has 1 saturated heterocycles. The van der Waals surface area contributed by atoms with Crippen LogP contribution in [0.25, 0.3) is 0 Å². The Morgan fingerprint density at radius 2 is 2.27 bits per heavy atom. The van der Waals surface area contributed by atoms with E-state index >= 15 is 0 Å². The molecule has 1 aliphatic rings. The maximum Gasteiger partial charge on any atom is 0.410 e. The van der Waals surface area contributed by atoms with Gasteiger partial charge in [0.15, 0.2) is 0 Å². The van der Waals surface area contributed by atoms with Crippen LogP contribution in [-0.2, 0) is 11.2 Å². The summed E-state index contributed by atoms with van der Waals surface area (Å²) in [6.07, 6.45) is 2.98. The van der Waals surface area contributed by atoms with Crippen LogP contribution in [0, 0.1) is 0 Å². The van der Waals surface area contributed by atoms with Gasteiger partial charge >= 0.3 is 6.09 Å². The van der Waals surface area contributed by atoms with Crippen molar-refractivity contribution in [2.45, 2.75) is 51.7 Å². The summed E-state index contributed by atoms with van der Waals surface area (Å²) in [6.45, 7) is 8.20. The third kappa shape index (κ3) is 5.89. The van der Waals surface area contributed by atoms with Gasteiger partial charge in [0.25, 0.3) is 0 Å². The second-order valence-electron chi connectivity index (χ2n) is 6.68. The van der Waals surface area contributed by atoms with E-state index in [1.54, 1.807) is 11.3 Å². The number of carbonyl (C=O) groups is 1. The SMILES string of the molecule is CC(C)(C)OC(=O)N1CCCC(NCCc2ccc(Br)s2)C1. The molecule has 1 atom stereocenters. The topological polar surface area (TPSA) is 41.6 Å². The van der Waals surface area contributed by atoms with E-state index in [4.69, 9.17) is 4.74 Å². The molecule has 6 heteroatoms. The second kappa shape index (κ2) is 7.79. The van der Waals surface area contributed by atoms with Crippen molar-refractivity contribution in [3.63, 3.8) is 0 Å². The van der Waals surface area contributed by atoms with Gasteiger partial charge in [0.05, 0.1) is 3.79 Å². The van der Waals surface area contributed by atoms with Gasteiger partial charge < -0.3 is 15.0 Å². The summed E-state index contributed by atoms with van der Waals surface area (Å²) < 4.78 is 6.63. The van der Waals surface area contributed by atoms with Crippen molar-refractivity contribution in [2.24, 2.45) is 0 Å². The summed E-state index contributed by atoms with van der Waals surface area (Å²) in [4.78, 5) is 15.3. The molecule has 4 nitrogen and oxygen atoms in total. The van der Waals surface area contributed by atoms with Crippen LogP contribution in [0.4, 0.5) is 4.79 Å². The summed E-state index contributed by atoms with van der Waals surface area (Å²) in [6, 6.07) is 4.61. The zero-order valence-electron chi connectivity index (χ0n) is 13.5. The lowest BCUT2D eigenvalue weighted by Gasteiger charge is -2.34. The highest BCUT2D eigenvalue weighted by molar-refractivity contribution is 9.11. The van der Waals surface area contributed by atoms with Gasteiger partial charge in [-0.1, -0.05) is 0 Å². The fraction of sp³-hybridized carbons (Fsp3) is 0.688. The van der Waals surface area contributed by atoms with E-state index in [2.05, 4.69) is 33.4 Å². The Morgan fingerprint density at radius 1 is 1.50 bits per heavy atom. The van der Waals surface area contributed by atoms with Crippen LogP contribution < -0.4 is 5.32 Å². The Labute approximate surface area is 145 Å². The zero-order chi connectivity index (χ0) is 16.2. The largest absolute Gasteiger partial charge is 0.444 e. The van der Waals surface area contributed by atoms with E-state index in [9.17, 15) is 4.79 Å². The molecular formula is C16H25BrN2O2S. The Kier molecular flexibility index (Phi) is 6.29. The normalized spacial score (nSPS) is 19.3. The Bertz CT molecular complexity index is 499. The molecule has 1 aliphatic heterocycles. The summed E-state index contributed by atoms with van der Waals surface area (Å²) in [5, 5.41) is 3.57. The van der Waals surface area contributed by atoms with Gasteiger partial charge in [0, 0.05) is 30.6 Å². The van der Waals surface area contributed by atoms with Gasteiger partial charge in [-0.3, -0.25) is 0 Å². The summed E-state index contributed by atoms with van der Waals surface area (Å²) >= 11 is 5.27. The lowest BCUT2D eigenvalue weighted by Crippen LogP contribution is -2.49. The Hall–Kier alpha value is -0.590.